The Morgan fingerprint density at radius 3 is 1.25 bits per heavy atom. The summed E-state index contributed by atoms with van der Waals surface area (Å²) in [5.74, 6) is 0.572. The zero-order chi connectivity index (χ0) is 13.9. The molecule has 6 nitrogen and oxygen atoms in total. The lowest BCUT2D eigenvalue weighted by Gasteiger charge is -2.03. The number of hydrogen-bond acceptors (Lipinski definition) is 6. The minimum atomic E-state index is 0.0615. The minimum absolute atomic E-state index is 0.0615. The van der Waals surface area contributed by atoms with E-state index in [-0.39, 0.29) is 23.1 Å². The Hall–Kier alpha value is -3.02. The number of phenols is 2. The molecule has 1 aromatic heterocycles. The van der Waals surface area contributed by atoms with E-state index in [4.69, 9.17) is 0 Å². The Kier molecular flexibility index (Phi) is 2.96. The molecule has 0 fully saturated rings. The van der Waals surface area contributed by atoms with Crippen molar-refractivity contribution in [3.63, 3.8) is 0 Å². The van der Waals surface area contributed by atoms with Gasteiger partial charge in [0.2, 0.25) is 11.6 Å². The van der Waals surface area contributed by atoms with Crippen LogP contribution in [0, 0.1) is 0 Å². The van der Waals surface area contributed by atoms with Crippen LogP contribution in [0.4, 0.5) is 0 Å². The van der Waals surface area contributed by atoms with Gasteiger partial charge < -0.3 is 10.2 Å². The summed E-state index contributed by atoms with van der Waals surface area (Å²) in [5.41, 5.74) is 0.910. The zero-order valence-electron chi connectivity index (χ0n) is 10.3. The highest BCUT2D eigenvalue weighted by atomic mass is 16.3. The van der Waals surface area contributed by atoms with E-state index in [1.54, 1.807) is 36.4 Å². The fourth-order valence-electron chi connectivity index (χ4n) is 1.77. The molecular formula is C14H10N4O2. The SMILES string of the molecule is Oc1ccccc1-c1nnc(-c2ccccc2O)nn1. The molecule has 6 heteroatoms. The van der Waals surface area contributed by atoms with Gasteiger partial charge in [0.25, 0.3) is 0 Å². The average Bonchev–Trinajstić information content (AvgIpc) is 2.49. The van der Waals surface area contributed by atoms with Gasteiger partial charge in [-0.15, -0.1) is 20.4 Å². The van der Waals surface area contributed by atoms with E-state index in [1.165, 1.54) is 12.1 Å². The van der Waals surface area contributed by atoms with Gasteiger partial charge in [0.1, 0.15) is 11.5 Å². The number of nitrogens with zero attached hydrogens (tertiary/aromatic N) is 4. The third-order valence-electron chi connectivity index (χ3n) is 2.77. The van der Waals surface area contributed by atoms with Gasteiger partial charge in [-0.05, 0) is 24.3 Å². The van der Waals surface area contributed by atoms with E-state index in [0.29, 0.717) is 11.1 Å². The molecule has 1 heterocycles. The molecule has 0 unspecified atom stereocenters. The van der Waals surface area contributed by atoms with Crippen molar-refractivity contribution in [1.82, 2.24) is 20.4 Å². The second kappa shape index (κ2) is 4.93. The van der Waals surface area contributed by atoms with Gasteiger partial charge >= 0.3 is 0 Å². The molecule has 0 radical (unpaired) electrons. The number of hydrogen-bond donors (Lipinski definition) is 2. The third-order valence-corrected chi connectivity index (χ3v) is 2.77. The number of phenolic OH excluding ortho intramolecular Hbond substituents is 2. The molecule has 2 aromatic carbocycles. The summed E-state index contributed by atoms with van der Waals surface area (Å²) in [4.78, 5) is 0. The molecule has 0 saturated carbocycles. The van der Waals surface area contributed by atoms with Gasteiger partial charge in [0, 0.05) is 0 Å². The van der Waals surface area contributed by atoms with Crippen LogP contribution in [-0.4, -0.2) is 30.6 Å². The Morgan fingerprint density at radius 1 is 0.550 bits per heavy atom. The van der Waals surface area contributed by atoms with Crippen LogP contribution in [0.15, 0.2) is 48.5 Å². The van der Waals surface area contributed by atoms with Crippen molar-refractivity contribution in [3.8, 4) is 34.3 Å². The lowest BCUT2D eigenvalue weighted by atomic mass is 10.2. The normalized spacial score (nSPS) is 10.4. The van der Waals surface area contributed by atoms with Crippen LogP contribution in [0.25, 0.3) is 22.8 Å². The van der Waals surface area contributed by atoms with Gasteiger partial charge in [0.05, 0.1) is 11.1 Å². The van der Waals surface area contributed by atoms with E-state index < -0.39 is 0 Å². The highest BCUT2D eigenvalue weighted by Crippen LogP contribution is 2.27. The van der Waals surface area contributed by atoms with E-state index in [9.17, 15) is 10.2 Å². The Labute approximate surface area is 114 Å². The van der Waals surface area contributed by atoms with Crippen LogP contribution < -0.4 is 0 Å². The summed E-state index contributed by atoms with van der Waals surface area (Å²) in [6.45, 7) is 0. The van der Waals surface area contributed by atoms with Gasteiger partial charge in [-0.25, -0.2) is 0 Å². The van der Waals surface area contributed by atoms with Crippen molar-refractivity contribution in [1.29, 1.82) is 0 Å². The standard InChI is InChI=1S/C14H10N4O2/c19-11-7-3-1-5-9(11)13-15-17-14(18-16-13)10-6-2-4-8-12(10)20/h1-8,19-20H. The molecular weight excluding hydrogens is 256 g/mol. The van der Waals surface area contributed by atoms with Crippen LogP contribution in [0.1, 0.15) is 0 Å². The Morgan fingerprint density at radius 2 is 0.900 bits per heavy atom. The van der Waals surface area contributed by atoms with Crippen molar-refractivity contribution in [2.24, 2.45) is 0 Å². The molecule has 0 aliphatic carbocycles. The summed E-state index contributed by atoms with van der Waals surface area (Å²) in [6.07, 6.45) is 0. The summed E-state index contributed by atoms with van der Waals surface area (Å²) in [7, 11) is 0. The van der Waals surface area contributed by atoms with Crippen molar-refractivity contribution >= 4 is 0 Å². The van der Waals surface area contributed by atoms with E-state index in [1.807, 2.05) is 0 Å². The summed E-state index contributed by atoms with van der Waals surface area (Å²) in [6, 6.07) is 13.4. The number of aromatic nitrogens is 4. The van der Waals surface area contributed by atoms with Crippen LogP contribution in [-0.2, 0) is 0 Å². The quantitative estimate of drug-likeness (QED) is 0.737. The van der Waals surface area contributed by atoms with E-state index in [2.05, 4.69) is 20.4 Å². The highest BCUT2D eigenvalue weighted by molar-refractivity contribution is 5.65. The fraction of sp³-hybridized carbons (Fsp3) is 0. The van der Waals surface area contributed by atoms with Crippen molar-refractivity contribution in [2.75, 3.05) is 0 Å². The largest absolute Gasteiger partial charge is 0.507 e. The molecule has 0 bridgehead atoms. The maximum absolute atomic E-state index is 9.72. The first-order valence-corrected chi connectivity index (χ1v) is 5.90. The van der Waals surface area contributed by atoms with Gasteiger partial charge in [-0.1, -0.05) is 24.3 Å². The zero-order valence-corrected chi connectivity index (χ0v) is 10.3. The average molecular weight is 266 g/mol. The van der Waals surface area contributed by atoms with Crippen molar-refractivity contribution in [3.05, 3.63) is 48.5 Å². The molecule has 3 rings (SSSR count). The van der Waals surface area contributed by atoms with Crippen molar-refractivity contribution < 1.29 is 10.2 Å². The Balaban J connectivity index is 2.01. The summed E-state index contributed by atoms with van der Waals surface area (Å²) < 4.78 is 0. The first kappa shape index (κ1) is 12.0. The number of benzene rings is 2. The number of aromatic hydroxyl groups is 2. The topological polar surface area (TPSA) is 92.0 Å². The summed E-state index contributed by atoms with van der Waals surface area (Å²) >= 11 is 0. The molecule has 0 aliphatic heterocycles. The second-order valence-electron chi connectivity index (χ2n) is 4.08. The molecule has 98 valence electrons. The maximum Gasteiger partial charge on any atom is 0.207 e. The first-order valence-electron chi connectivity index (χ1n) is 5.90. The summed E-state index contributed by atoms with van der Waals surface area (Å²) in [5, 5.41) is 35.2. The predicted octanol–water partition coefficient (Wildman–Crippen LogP) is 2.01. The smallest absolute Gasteiger partial charge is 0.207 e. The second-order valence-corrected chi connectivity index (χ2v) is 4.08. The monoisotopic (exact) mass is 266 g/mol. The van der Waals surface area contributed by atoms with E-state index in [0.717, 1.165) is 0 Å². The van der Waals surface area contributed by atoms with Gasteiger partial charge in [-0.2, -0.15) is 0 Å². The molecule has 0 saturated heterocycles. The molecule has 20 heavy (non-hydrogen) atoms. The molecule has 0 spiro atoms. The van der Waals surface area contributed by atoms with Crippen molar-refractivity contribution in [2.45, 2.75) is 0 Å². The lowest BCUT2D eigenvalue weighted by molar-refractivity contribution is 0.475. The van der Waals surface area contributed by atoms with Gasteiger partial charge in [0.15, 0.2) is 0 Å². The highest BCUT2D eigenvalue weighted by Gasteiger charge is 2.11. The van der Waals surface area contributed by atoms with Gasteiger partial charge in [-0.3, -0.25) is 0 Å². The van der Waals surface area contributed by atoms with Crippen LogP contribution in [0.5, 0.6) is 11.5 Å². The van der Waals surface area contributed by atoms with E-state index >= 15 is 0 Å². The third kappa shape index (κ3) is 2.14. The molecule has 0 amide bonds. The molecule has 0 atom stereocenters. The molecule has 2 N–H and O–H groups in total. The van der Waals surface area contributed by atoms with Crippen LogP contribution >= 0.6 is 0 Å². The Bertz CT molecular complexity index is 680. The fourth-order valence-corrected chi connectivity index (χ4v) is 1.77. The van der Waals surface area contributed by atoms with Crippen LogP contribution in [0.3, 0.4) is 0 Å². The first-order chi connectivity index (χ1) is 9.75. The lowest BCUT2D eigenvalue weighted by Crippen LogP contribution is -1.99. The molecule has 0 aliphatic rings. The molecule has 3 aromatic rings. The number of rotatable bonds is 2. The predicted molar refractivity (Wildman–Crippen MR) is 71.8 cm³/mol. The number of para-hydroxylation sites is 2. The minimum Gasteiger partial charge on any atom is -0.507 e. The maximum atomic E-state index is 9.72. The van der Waals surface area contributed by atoms with Crippen LogP contribution in [0.2, 0.25) is 0 Å².